The number of rotatable bonds is 19. The quantitative estimate of drug-likeness (QED) is 0.176. The number of nitrogens with zero attached hydrogens (tertiary/aromatic N) is 6. The van der Waals surface area contributed by atoms with E-state index in [0.717, 1.165) is 78.5 Å². The minimum atomic E-state index is -2.77. The van der Waals surface area contributed by atoms with Crippen LogP contribution in [0.25, 0.3) is 0 Å². The first-order chi connectivity index (χ1) is 33.1. The molecule has 6 heterocycles. The van der Waals surface area contributed by atoms with Gasteiger partial charge in [0.05, 0.1) is 33.0 Å². The van der Waals surface area contributed by atoms with Gasteiger partial charge in [-0.2, -0.15) is 0 Å². The van der Waals surface area contributed by atoms with Crippen LogP contribution in [0.4, 0.5) is 0 Å². The van der Waals surface area contributed by atoms with Gasteiger partial charge in [-0.1, -0.05) is 42.5 Å². The predicted molar refractivity (Wildman–Crippen MR) is 318 cm³/mol. The molecular weight excluding hydrogens is 1080 g/mol. The number of hydrogen-bond donors (Lipinski definition) is 0. The van der Waals surface area contributed by atoms with E-state index in [1.165, 1.54) is 12.5 Å². The SMILES string of the molecule is C.C.CC(C)N1CC(CS(C)(=O)=O)C1.CC(C)N1CC(S(C)(=O)=O)C1.CCS(=O)(=O)C1CN(C(C)C)C1.CCS(=O)(=O)C1CN(C(C)C)C1.CCS(=O)(=O)CC1CN(C(C)C)C1.CCS(=O)(=O)CC1CN(C(C)C)C1. The highest BCUT2D eigenvalue weighted by Crippen LogP contribution is 2.23. The van der Waals surface area contributed by atoms with E-state index >= 15 is 0 Å². The van der Waals surface area contributed by atoms with Crippen LogP contribution in [0.15, 0.2) is 0 Å². The summed E-state index contributed by atoms with van der Waals surface area (Å²) >= 11 is 0. The van der Waals surface area contributed by atoms with Crippen molar-refractivity contribution in [1.29, 1.82) is 0 Å². The molecule has 6 aliphatic heterocycles. The molecule has 0 N–H and O–H groups in total. The third-order valence-electron chi connectivity index (χ3n) is 14.8. The summed E-state index contributed by atoms with van der Waals surface area (Å²) in [5, 5.41) is -0.292. The molecule has 0 amide bonds. The van der Waals surface area contributed by atoms with Crippen molar-refractivity contribution >= 4 is 59.0 Å². The van der Waals surface area contributed by atoms with Gasteiger partial charge in [0.1, 0.15) is 29.5 Å². The van der Waals surface area contributed by atoms with E-state index in [1.807, 2.05) is 0 Å². The second kappa shape index (κ2) is 32.8. The van der Waals surface area contributed by atoms with Gasteiger partial charge in [0.25, 0.3) is 0 Å². The number of sulfone groups is 6. The fourth-order valence-corrected chi connectivity index (χ4v) is 15.6. The topological polar surface area (TPSA) is 224 Å². The Morgan fingerprint density at radius 1 is 0.320 bits per heavy atom. The highest BCUT2D eigenvalue weighted by atomic mass is 32.2. The molecule has 6 rings (SSSR count). The van der Waals surface area contributed by atoms with Gasteiger partial charge in [0.2, 0.25) is 0 Å². The molecule has 0 aromatic heterocycles. The van der Waals surface area contributed by atoms with Gasteiger partial charge < -0.3 is 14.7 Å². The van der Waals surface area contributed by atoms with Crippen LogP contribution in [0.2, 0.25) is 0 Å². The van der Waals surface area contributed by atoms with Crippen LogP contribution in [-0.2, 0) is 59.0 Å². The number of hydrogen-bond acceptors (Lipinski definition) is 18. The van der Waals surface area contributed by atoms with E-state index in [-0.39, 0.29) is 53.6 Å². The third kappa shape index (κ3) is 27.7. The summed E-state index contributed by atoms with van der Waals surface area (Å²) in [4.78, 5) is 13.4. The lowest BCUT2D eigenvalue weighted by atomic mass is 10.0. The number of likely N-dealkylation sites (tertiary alicyclic amines) is 6. The van der Waals surface area contributed by atoms with Crippen LogP contribution in [0, 0.1) is 17.8 Å². The minimum Gasteiger partial charge on any atom is -0.300 e. The minimum absolute atomic E-state index is 0. The summed E-state index contributed by atoms with van der Waals surface area (Å²) in [6.45, 7) is 42.3. The van der Waals surface area contributed by atoms with E-state index in [4.69, 9.17) is 0 Å². The van der Waals surface area contributed by atoms with Crippen molar-refractivity contribution in [3.05, 3.63) is 0 Å². The highest BCUT2D eigenvalue weighted by Gasteiger charge is 2.39. The van der Waals surface area contributed by atoms with Gasteiger partial charge in [0.15, 0.2) is 29.5 Å². The Bertz CT molecular complexity index is 2190. The molecule has 75 heavy (non-hydrogen) atoms. The van der Waals surface area contributed by atoms with E-state index in [1.54, 1.807) is 27.7 Å². The van der Waals surface area contributed by atoms with Crippen LogP contribution in [0.1, 0.15) is 126 Å². The van der Waals surface area contributed by atoms with Gasteiger partial charge in [-0.05, 0) is 101 Å². The summed E-state index contributed by atoms with van der Waals surface area (Å²) in [6, 6.07) is 3.11. The average molecular weight is 1190 g/mol. The van der Waals surface area contributed by atoms with Crippen molar-refractivity contribution in [3.63, 3.8) is 0 Å². The van der Waals surface area contributed by atoms with E-state index in [9.17, 15) is 50.5 Å². The van der Waals surface area contributed by atoms with Gasteiger partial charge in [-0.25, -0.2) is 50.5 Å². The zero-order valence-corrected chi connectivity index (χ0v) is 53.3. The normalized spacial score (nSPS) is 20.6. The highest BCUT2D eigenvalue weighted by molar-refractivity contribution is 7.93. The Balaban J connectivity index is 0. The molecule has 18 nitrogen and oxygen atoms in total. The largest absolute Gasteiger partial charge is 0.300 e. The molecule has 0 saturated carbocycles. The van der Waals surface area contributed by atoms with Crippen molar-refractivity contribution in [2.75, 3.05) is 131 Å². The Kier molecular flexibility index (Phi) is 33.5. The summed E-state index contributed by atoms with van der Waals surface area (Å²) in [7, 11) is -16.6. The second-order valence-corrected chi connectivity index (χ2v) is 37.4. The first-order valence-corrected chi connectivity index (χ1v) is 37.9. The van der Waals surface area contributed by atoms with Crippen molar-refractivity contribution in [2.24, 2.45) is 17.8 Å². The van der Waals surface area contributed by atoms with Gasteiger partial charge in [-0.3, -0.25) is 14.7 Å². The Morgan fingerprint density at radius 2 is 0.520 bits per heavy atom. The molecule has 24 heteroatoms. The lowest BCUT2D eigenvalue weighted by Crippen LogP contribution is -2.57. The van der Waals surface area contributed by atoms with E-state index in [0.29, 0.717) is 71.3 Å². The predicted octanol–water partition coefficient (Wildman–Crippen LogP) is 4.32. The molecule has 0 atom stereocenters. The van der Waals surface area contributed by atoms with Crippen LogP contribution < -0.4 is 0 Å². The van der Waals surface area contributed by atoms with Crippen molar-refractivity contribution in [1.82, 2.24) is 29.4 Å². The maximum Gasteiger partial charge on any atom is 0.155 e. The maximum atomic E-state index is 11.3. The fourth-order valence-electron chi connectivity index (χ4n) is 8.66. The first kappa shape index (κ1) is 76.5. The van der Waals surface area contributed by atoms with E-state index in [2.05, 4.69) is 112 Å². The van der Waals surface area contributed by atoms with Gasteiger partial charge in [0, 0.05) is 150 Å². The summed E-state index contributed by atoms with van der Waals surface area (Å²) in [6.07, 6.45) is 2.63. The molecule has 0 aromatic carbocycles. The van der Waals surface area contributed by atoms with E-state index < -0.39 is 59.0 Å². The molecule has 0 bridgehead atoms. The second-order valence-electron chi connectivity index (χ2n) is 23.0. The molecular formula is C51H112N6O12S6. The van der Waals surface area contributed by atoms with Crippen molar-refractivity contribution in [3.8, 4) is 0 Å². The molecule has 6 saturated heterocycles. The molecule has 6 fully saturated rings. The molecule has 0 radical (unpaired) electrons. The standard InChI is InChI=1S/2C9H19NO2S.3C8H17NO2S.C7H15NO2S.2CH4/c2*1-4-13(11,12)7-9-5-10(6-9)8(2)3;1-7(2)9-4-8(5-9)6-12(3,10)11;2*1-4-12(10,11)8-5-9(6-8)7(2)3;1-6(2)8-4-7(5-8)11(3,9)10;;/h2*8-9H,4-7H2,1-3H3;3*7-8H,4-6H2,1-3H3;6-7H,4-5H2,1-3H3;2*1H4. The maximum absolute atomic E-state index is 11.3. The molecule has 0 unspecified atom stereocenters. The molecule has 454 valence electrons. The van der Waals surface area contributed by atoms with Crippen molar-refractivity contribution in [2.45, 2.75) is 178 Å². The fraction of sp³-hybridized carbons (Fsp3) is 1.00. The smallest absolute Gasteiger partial charge is 0.155 e. The summed E-state index contributed by atoms with van der Waals surface area (Å²) in [5.41, 5.74) is 0. The summed E-state index contributed by atoms with van der Waals surface area (Å²) in [5.74, 6) is 3.39. The lowest BCUT2D eigenvalue weighted by Gasteiger charge is -2.41. The Labute approximate surface area is 462 Å². The molecule has 6 aliphatic rings. The van der Waals surface area contributed by atoms with Crippen LogP contribution in [0.5, 0.6) is 0 Å². The Morgan fingerprint density at radius 3 is 0.693 bits per heavy atom. The van der Waals surface area contributed by atoms with Crippen LogP contribution >= 0.6 is 0 Å². The zero-order chi connectivity index (χ0) is 56.8. The zero-order valence-electron chi connectivity index (χ0n) is 48.4. The molecule has 0 aromatic rings. The van der Waals surface area contributed by atoms with Gasteiger partial charge >= 0.3 is 0 Å². The van der Waals surface area contributed by atoms with Gasteiger partial charge in [-0.15, -0.1) is 0 Å². The monoisotopic (exact) mass is 1190 g/mol. The average Bonchev–Trinajstić information content (AvgIpc) is 3.13. The third-order valence-corrected chi connectivity index (χ3v) is 25.3. The molecule has 0 spiro atoms. The summed E-state index contributed by atoms with van der Waals surface area (Å²) < 4.78 is 134. The lowest BCUT2D eigenvalue weighted by molar-refractivity contribution is 0.0803. The van der Waals surface area contributed by atoms with Crippen LogP contribution in [-0.4, -0.2) is 263 Å². The first-order valence-electron chi connectivity index (χ1n) is 26.8. The molecule has 0 aliphatic carbocycles. The Hall–Kier alpha value is -0.540. The van der Waals surface area contributed by atoms with Crippen molar-refractivity contribution < 1.29 is 50.5 Å². The van der Waals surface area contributed by atoms with Crippen LogP contribution in [0.3, 0.4) is 0 Å².